The quantitative estimate of drug-likeness (QED) is 0.671. The Morgan fingerprint density at radius 3 is 2.83 bits per heavy atom. The molecular formula is C9H12ClNS. The Kier molecular flexibility index (Phi) is 1.92. The van der Waals surface area contributed by atoms with Gasteiger partial charge in [0.2, 0.25) is 0 Å². The van der Waals surface area contributed by atoms with Gasteiger partial charge in [-0.15, -0.1) is 22.9 Å². The maximum Gasteiger partial charge on any atom is 0.0794 e. The SMILES string of the molecule is CC1(C)C(CCl)C1c1cscn1. The first-order chi connectivity index (χ1) is 5.68. The average molecular weight is 202 g/mol. The summed E-state index contributed by atoms with van der Waals surface area (Å²) in [6.07, 6.45) is 0. The molecule has 2 unspecified atom stereocenters. The van der Waals surface area contributed by atoms with Crippen molar-refractivity contribution < 1.29 is 0 Å². The molecule has 0 N–H and O–H groups in total. The smallest absolute Gasteiger partial charge is 0.0794 e. The lowest BCUT2D eigenvalue weighted by Gasteiger charge is -1.97. The number of hydrogen-bond donors (Lipinski definition) is 0. The summed E-state index contributed by atoms with van der Waals surface area (Å²) in [6, 6.07) is 0. The largest absolute Gasteiger partial charge is 0.249 e. The predicted octanol–water partition coefficient (Wildman–Crippen LogP) is 3.12. The van der Waals surface area contributed by atoms with Gasteiger partial charge in [-0.2, -0.15) is 0 Å². The van der Waals surface area contributed by atoms with Crippen LogP contribution in [0.25, 0.3) is 0 Å². The first kappa shape index (κ1) is 8.52. The van der Waals surface area contributed by atoms with Crippen molar-refractivity contribution in [3.05, 3.63) is 16.6 Å². The van der Waals surface area contributed by atoms with Crippen molar-refractivity contribution in [2.75, 3.05) is 5.88 Å². The van der Waals surface area contributed by atoms with Crippen LogP contribution in [0.15, 0.2) is 10.9 Å². The van der Waals surface area contributed by atoms with Crippen LogP contribution in [0.5, 0.6) is 0 Å². The molecule has 12 heavy (non-hydrogen) atoms. The number of alkyl halides is 1. The first-order valence-corrected chi connectivity index (χ1v) is 5.59. The highest BCUT2D eigenvalue weighted by Gasteiger charge is 2.58. The van der Waals surface area contributed by atoms with Gasteiger partial charge < -0.3 is 0 Å². The van der Waals surface area contributed by atoms with Crippen LogP contribution in [-0.4, -0.2) is 10.9 Å². The van der Waals surface area contributed by atoms with E-state index in [0.717, 1.165) is 5.88 Å². The van der Waals surface area contributed by atoms with Crippen molar-refractivity contribution in [2.45, 2.75) is 19.8 Å². The fraction of sp³-hybridized carbons (Fsp3) is 0.667. The fourth-order valence-corrected chi connectivity index (χ4v) is 3.16. The van der Waals surface area contributed by atoms with E-state index in [2.05, 4.69) is 24.2 Å². The van der Waals surface area contributed by atoms with Crippen molar-refractivity contribution in [3.8, 4) is 0 Å². The number of nitrogens with zero attached hydrogens (tertiary/aromatic N) is 1. The molecule has 0 radical (unpaired) electrons. The van der Waals surface area contributed by atoms with Crippen molar-refractivity contribution in [3.63, 3.8) is 0 Å². The van der Waals surface area contributed by atoms with Gasteiger partial charge in [-0.25, -0.2) is 4.98 Å². The summed E-state index contributed by atoms with van der Waals surface area (Å²) in [5.41, 5.74) is 3.50. The van der Waals surface area contributed by atoms with Gasteiger partial charge in [-0.05, 0) is 11.3 Å². The number of halogens is 1. The lowest BCUT2D eigenvalue weighted by Crippen LogP contribution is -1.90. The maximum absolute atomic E-state index is 5.87. The van der Waals surface area contributed by atoms with Gasteiger partial charge in [0, 0.05) is 17.2 Å². The lowest BCUT2D eigenvalue weighted by molar-refractivity contribution is 0.575. The van der Waals surface area contributed by atoms with Gasteiger partial charge in [0.1, 0.15) is 0 Å². The van der Waals surface area contributed by atoms with E-state index in [1.54, 1.807) is 11.3 Å². The molecule has 66 valence electrons. The van der Waals surface area contributed by atoms with E-state index in [1.165, 1.54) is 5.69 Å². The zero-order chi connectivity index (χ0) is 8.77. The van der Waals surface area contributed by atoms with Crippen LogP contribution in [0.4, 0.5) is 0 Å². The second kappa shape index (κ2) is 2.71. The summed E-state index contributed by atoms with van der Waals surface area (Å²) >= 11 is 7.54. The third-order valence-corrected chi connectivity index (χ3v) is 3.92. The Morgan fingerprint density at radius 2 is 2.42 bits per heavy atom. The molecule has 1 nitrogen and oxygen atoms in total. The van der Waals surface area contributed by atoms with Crippen molar-refractivity contribution in [1.29, 1.82) is 0 Å². The van der Waals surface area contributed by atoms with Gasteiger partial charge >= 0.3 is 0 Å². The number of thiazole rings is 1. The predicted molar refractivity (Wildman–Crippen MR) is 52.8 cm³/mol. The zero-order valence-electron chi connectivity index (χ0n) is 7.25. The highest BCUT2D eigenvalue weighted by atomic mass is 35.5. The number of rotatable bonds is 2. The van der Waals surface area contributed by atoms with E-state index in [0.29, 0.717) is 17.3 Å². The second-order valence-electron chi connectivity index (χ2n) is 3.97. The molecule has 0 saturated heterocycles. The molecule has 1 aliphatic carbocycles. The Hall–Kier alpha value is -0.0800. The molecule has 0 bridgehead atoms. The minimum absolute atomic E-state index is 0.371. The average Bonchev–Trinajstić information content (AvgIpc) is 2.50. The van der Waals surface area contributed by atoms with Gasteiger partial charge in [-0.3, -0.25) is 0 Å². The molecule has 0 amide bonds. The summed E-state index contributed by atoms with van der Waals surface area (Å²) in [7, 11) is 0. The van der Waals surface area contributed by atoms with Crippen molar-refractivity contribution >= 4 is 22.9 Å². The van der Waals surface area contributed by atoms with Crippen LogP contribution >= 0.6 is 22.9 Å². The van der Waals surface area contributed by atoms with Crippen LogP contribution in [-0.2, 0) is 0 Å². The van der Waals surface area contributed by atoms with Gasteiger partial charge in [0.05, 0.1) is 11.2 Å². The van der Waals surface area contributed by atoms with Crippen LogP contribution in [0.3, 0.4) is 0 Å². The third-order valence-electron chi connectivity index (χ3n) is 2.99. The molecule has 0 aromatic carbocycles. The van der Waals surface area contributed by atoms with Crippen molar-refractivity contribution in [1.82, 2.24) is 4.98 Å². The maximum atomic E-state index is 5.87. The molecular weight excluding hydrogens is 190 g/mol. The molecule has 1 aromatic heterocycles. The van der Waals surface area contributed by atoms with Crippen LogP contribution < -0.4 is 0 Å². The van der Waals surface area contributed by atoms with E-state index in [-0.39, 0.29) is 0 Å². The summed E-state index contributed by atoms with van der Waals surface area (Å²) in [5, 5.41) is 2.14. The molecule has 3 heteroatoms. The normalized spacial score (nSPS) is 31.9. The minimum atomic E-state index is 0.371. The number of aromatic nitrogens is 1. The molecule has 0 aliphatic heterocycles. The lowest BCUT2D eigenvalue weighted by atomic mass is 10.1. The van der Waals surface area contributed by atoms with Crippen molar-refractivity contribution in [2.24, 2.45) is 11.3 Å². The number of hydrogen-bond acceptors (Lipinski definition) is 2. The Balaban J connectivity index is 2.19. The molecule has 0 spiro atoms. The van der Waals surface area contributed by atoms with Gasteiger partial charge in [-0.1, -0.05) is 13.8 Å². The van der Waals surface area contributed by atoms with E-state index in [4.69, 9.17) is 11.6 Å². The zero-order valence-corrected chi connectivity index (χ0v) is 8.82. The summed E-state index contributed by atoms with van der Waals surface area (Å²) in [4.78, 5) is 4.33. The van der Waals surface area contributed by atoms with Crippen LogP contribution in [0.2, 0.25) is 0 Å². The van der Waals surface area contributed by atoms with Gasteiger partial charge in [0.25, 0.3) is 0 Å². The molecule has 1 saturated carbocycles. The molecule has 1 aromatic rings. The highest BCUT2D eigenvalue weighted by Crippen LogP contribution is 2.64. The summed E-state index contributed by atoms with van der Waals surface area (Å²) < 4.78 is 0. The minimum Gasteiger partial charge on any atom is -0.249 e. The monoisotopic (exact) mass is 201 g/mol. The molecule has 1 heterocycles. The fourth-order valence-electron chi connectivity index (χ4n) is 1.99. The Labute approximate surface area is 81.8 Å². The standard InChI is InChI=1S/C9H12ClNS/c1-9(2)6(3-10)8(9)7-4-12-5-11-7/h4-6,8H,3H2,1-2H3. The molecule has 1 fully saturated rings. The van der Waals surface area contributed by atoms with Crippen LogP contribution in [0.1, 0.15) is 25.5 Å². The van der Waals surface area contributed by atoms with E-state index >= 15 is 0 Å². The highest BCUT2D eigenvalue weighted by molar-refractivity contribution is 7.07. The first-order valence-electron chi connectivity index (χ1n) is 4.12. The van der Waals surface area contributed by atoms with Crippen LogP contribution in [0, 0.1) is 11.3 Å². The van der Waals surface area contributed by atoms with E-state index in [9.17, 15) is 0 Å². The molecule has 1 aliphatic rings. The topological polar surface area (TPSA) is 12.9 Å². The Bertz CT molecular complexity index is 268. The molecule has 2 rings (SSSR count). The third kappa shape index (κ3) is 1.09. The van der Waals surface area contributed by atoms with Gasteiger partial charge in [0.15, 0.2) is 0 Å². The van der Waals surface area contributed by atoms with E-state index in [1.807, 2.05) is 5.51 Å². The van der Waals surface area contributed by atoms with E-state index < -0.39 is 0 Å². The second-order valence-corrected chi connectivity index (χ2v) is 5.00. The Morgan fingerprint density at radius 1 is 1.67 bits per heavy atom. The summed E-state index contributed by atoms with van der Waals surface area (Å²) in [5.74, 6) is 1.98. The summed E-state index contributed by atoms with van der Waals surface area (Å²) in [6.45, 7) is 4.54. The molecule has 2 atom stereocenters.